The normalized spacial score (nSPS) is 30.8. The number of rotatable bonds is 4. The van der Waals surface area contributed by atoms with Crippen LogP contribution in [0.15, 0.2) is 0 Å². The van der Waals surface area contributed by atoms with Crippen LogP contribution in [-0.2, 0) is 14.8 Å². The Morgan fingerprint density at radius 3 is 2.45 bits per heavy atom. The van der Waals surface area contributed by atoms with E-state index < -0.39 is 10.0 Å². The average molecular weight is 304 g/mol. The summed E-state index contributed by atoms with van der Waals surface area (Å²) in [6.07, 6.45) is 3.15. The van der Waals surface area contributed by atoms with Gasteiger partial charge in [0.25, 0.3) is 0 Å². The fourth-order valence-electron chi connectivity index (χ4n) is 3.41. The molecule has 2 saturated heterocycles. The first-order chi connectivity index (χ1) is 9.46. The van der Waals surface area contributed by atoms with E-state index in [1.165, 1.54) is 0 Å². The van der Waals surface area contributed by atoms with Gasteiger partial charge in [0.2, 0.25) is 10.0 Å². The number of ether oxygens (including phenoxy) is 1. The molecule has 0 N–H and O–H groups in total. The zero-order valence-corrected chi connectivity index (χ0v) is 13.7. The lowest BCUT2D eigenvalue weighted by atomic mass is 9.99. The van der Waals surface area contributed by atoms with E-state index in [1.807, 2.05) is 0 Å². The second kappa shape index (κ2) is 6.73. The predicted octanol–water partition coefficient (Wildman–Crippen LogP) is 1.30. The highest BCUT2D eigenvalue weighted by Gasteiger charge is 2.37. The van der Waals surface area contributed by atoms with Crippen molar-refractivity contribution in [2.75, 3.05) is 33.4 Å². The zero-order valence-electron chi connectivity index (χ0n) is 12.9. The maximum absolute atomic E-state index is 12.7. The Balaban J connectivity index is 2.01. The molecule has 0 saturated carbocycles. The smallest absolute Gasteiger partial charge is 0.217 e. The molecule has 0 radical (unpaired) electrons. The van der Waals surface area contributed by atoms with Crippen LogP contribution in [0.2, 0.25) is 0 Å². The Morgan fingerprint density at radius 2 is 1.90 bits per heavy atom. The molecule has 0 amide bonds. The summed E-state index contributed by atoms with van der Waals surface area (Å²) in [6, 6.07) is 0.617. The highest BCUT2D eigenvalue weighted by Crippen LogP contribution is 2.26. The van der Waals surface area contributed by atoms with Crippen LogP contribution in [0.1, 0.15) is 39.5 Å². The molecule has 0 aliphatic carbocycles. The Morgan fingerprint density at radius 1 is 1.25 bits per heavy atom. The molecule has 6 heteroatoms. The molecule has 20 heavy (non-hydrogen) atoms. The van der Waals surface area contributed by atoms with Gasteiger partial charge in [-0.1, -0.05) is 6.92 Å². The van der Waals surface area contributed by atoms with E-state index in [0.717, 1.165) is 25.9 Å². The van der Waals surface area contributed by atoms with E-state index in [4.69, 9.17) is 4.74 Å². The van der Waals surface area contributed by atoms with Crippen molar-refractivity contribution >= 4 is 10.0 Å². The van der Waals surface area contributed by atoms with Crippen molar-refractivity contribution in [2.24, 2.45) is 0 Å². The number of piperidine rings is 1. The maximum atomic E-state index is 12.7. The molecule has 2 heterocycles. The molecule has 2 aliphatic heterocycles. The van der Waals surface area contributed by atoms with Crippen LogP contribution < -0.4 is 0 Å². The highest BCUT2D eigenvalue weighted by molar-refractivity contribution is 7.89. The minimum Gasteiger partial charge on any atom is -0.381 e. The molecule has 118 valence electrons. The molecular formula is C14H28N2O3S. The number of sulfonamides is 1. The lowest BCUT2D eigenvalue weighted by molar-refractivity contribution is 0.0945. The van der Waals surface area contributed by atoms with Crippen molar-refractivity contribution in [3.8, 4) is 0 Å². The molecule has 2 rings (SSSR count). The van der Waals surface area contributed by atoms with Crippen LogP contribution in [-0.4, -0.2) is 68.3 Å². The SMILES string of the molecule is CCN1CCC(N(C)S(=O)(=O)C2CCOCC2)CC1C. The maximum Gasteiger partial charge on any atom is 0.217 e. The van der Waals surface area contributed by atoms with E-state index in [1.54, 1.807) is 11.4 Å². The quantitative estimate of drug-likeness (QED) is 0.785. The Kier molecular flexibility index (Phi) is 5.45. The van der Waals surface area contributed by atoms with Gasteiger partial charge in [-0.25, -0.2) is 12.7 Å². The lowest BCUT2D eigenvalue weighted by Crippen LogP contribution is -2.51. The summed E-state index contributed by atoms with van der Waals surface area (Å²) in [4.78, 5) is 2.42. The summed E-state index contributed by atoms with van der Waals surface area (Å²) < 4.78 is 32.3. The van der Waals surface area contributed by atoms with Gasteiger partial charge in [0, 0.05) is 32.3 Å². The summed E-state index contributed by atoms with van der Waals surface area (Å²) in [6.45, 7) is 7.55. The summed E-state index contributed by atoms with van der Waals surface area (Å²) in [7, 11) is -1.41. The third-order valence-corrected chi connectivity index (χ3v) is 7.31. The van der Waals surface area contributed by atoms with Crippen LogP contribution in [0.5, 0.6) is 0 Å². The highest BCUT2D eigenvalue weighted by atomic mass is 32.2. The van der Waals surface area contributed by atoms with Gasteiger partial charge < -0.3 is 9.64 Å². The third kappa shape index (κ3) is 3.35. The summed E-state index contributed by atoms with van der Waals surface area (Å²) >= 11 is 0. The minimum absolute atomic E-state index is 0.153. The van der Waals surface area contributed by atoms with Crippen molar-refractivity contribution in [3.05, 3.63) is 0 Å². The largest absolute Gasteiger partial charge is 0.381 e. The van der Waals surface area contributed by atoms with Gasteiger partial charge in [-0.3, -0.25) is 0 Å². The van der Waals surface area contributed by atoms with Gasteiger partial charge in [0.05, 0.1) is 5.25 Å². The van der Waals surface area contributed by atoms with Crippen molar-refractivity contribution < 1.29 is 13.2 Å². The van der Waals surface area contributed by atoms with Crippen LogP contribution in [0.3, 0.4) is 0 Å². The summed E-state index contributed by atoms with van der Waals surface area (Å²) in [5.74, 6) is 0. The van der Waals surface area contributed by atoms with Crippen molar-refractivity contribution in [3.63, 3.8) is 0 Å². The second-order valence-electron chi connectivity index (χ2n) is 6.03. The van der Waals surface area contributed by atoms with E-state index >= 15 is 0 Å². The lowest BCUT2D eigenvalue weighted by Gasteiger charge is -2.41. The van der Waals surface area contributed by atoms with Gasteiger partial charge in [0.15, 0.2) is 0 Å². The van der Waals surface area contributed by atoms with E-state index in [0.29, 0.717) is 32.1 Å². The van der Waals surface area contributed by atoms with Gasteiger partial charge in [-0.15, -0.1) is 0 Å². The van der Waals surface area contributed by atoms with Gasteiger partial charge in [-0.05, 0) is 45.7 Å². The Hall–Kier alpha value is -0.170. The minimum atomic E-state index is -3.17. The van der Waals surface area contributed by atoms with Crippen LogP contribution in [0.4, 0.5) is 0 Å². The number of hydrogen-bond acceptors (Lipinski definition) is 4. The molecule has 0 aromatic rings. The van der Waals surface area contributed by atoms with Crippen LogP contribution in [0, 0.1) is 0 Å². The van der Waals surface area contributed by atoms with Crippen LogP contribution in [0.25, 0.3) is 0 Å². The molecule has 2 aliphatic rings. The third-order valence-electron chi connectivity index (χ3n) is 4.90. The summed E-state index contributed by atoms with van der Waals surface area (Å²) in [5, 5.41) is -0.249. The summed E-state index contributed by atoms with van der Waals surface area (Å²) in [5.41, 5.74) is 0. The van der Waals surface area contributed by atoms with Crippen molar-refractivity contribution in [2.45, 2.75) is 56.9 Å². The molecule has 2 unspecified atom stereocenters. The molecule has 0 bridgehead atoms. The molecule has 2 atom stereocenters. The molecule has 0 aromatic heterocycles. The Bertz CT molecular complexity index is 407. The van der Waals surface area contributed by atoms with Gasteiger partial charge >= 0.3 is 0 Å². The fraction of sp³-hybridized carbons (Fsp3) is 1.00. The number of likely N-dealkylation sites (tertiary alicyclic amines) is 1. The first-order valence-corrected chi connectivity index (χ1v) is 9.25. The van der Waals surface area contributed by atoms with E-state index in [9.17, 15) is 8.42 Å². The first-order valence-electron chi connectivity index (χ1n) is 7.75. The topological polar surface area (TPSA) is 49.9 Å². The van der Waals surface area contributed by atoms with Gasteiger partial charge in [-0.2, -0.15) is 0 Å². The first kappa shape index (κ1) is 16.2. The molecule has 5 nitrogen and oxygen atoms in total. The molecule has 0 aromatic carbocycles. The monoisotopic (exact) mass is 304 g/mol. The molecule has 2 fully saturated rings. The Labute approximate surface area is 123 Å². The van der Waals surface area contributed by atoms with Crippen LogP contribution >= 0.6 is 0 Å². The molecule has 0 spiro atoms. The second-order valence-corrected chi connectivity index (χ2v) is 8.30. The zero-order chi connectivity index (χ0) is 14.8. The number of hydrogen-bond donors (Lipinski definition) is 0. The number of nitrogens with zero attached hydrogens (tertiary/aromatic N) is 2. The van der Waals surface area contributed by atoms with Gasteiger partial charge in [0.1, 0.15) is 0 Å². The standard InChI is InChI=1S/C14H28N2O3S/c1-4-16-8-5-13(11-12(16)2)15(3)20(17,18)14-6-9-19-10-7-14/h12-14H,4-11H2,1-3H3. The van der Waals surface area contributed by atoms with Crippen molar-refractivity contribution in [1.82, 2.24) is 9.21 Å². The van der Waals surface area contributed by atoms with Crippen molar-refractivity contribution in [1.29, 1.82) is 0 Å². The van der Waals surface area contributed by atoms with E-state index in [2.05, 4.69) is 18.7 Å². The average Bonchev–Trinajstić information content (AvgIpc) is 2.47. The predicted molar refractivity (Wildman–Crippen MR) is 80.3 cm³/mol. The fourth-order valence-corrected chi connectivity index (χ4v) is 5.28. The molecular weight excluding hydrogens is 276 g/mol. The van der Waals surface area contributed by atoms with E-state index in [-0.39, 0.29) is 11.3 Å².